The summed E-state index contributed by atoms with van der Waals surface area (Å²) >= 11 is 0. The highest BCUT2D eigenvalue weighted by atomic mass is 31.2. The molecule has 3 heterocycles. The molecule has 2 aromatic heterocycles. The topological polar surface area (TPSA) is 202 Å². The zero-order chi connectivity index (χ0) is 31.6. The number of carbonyl (C=O) groups is 2. The number of nitrogens with one attached hydrogen (secondary N) is 2. The van der Waals surface area contributed by atoms with Crippen molar-refractivity contribution in [2.75, 3.05) is 12.3 Å². The van der Waals surface area contributed by atoms with Crippen molar-refractivity contribution >= 4 is 36.6 Å². The highest BCUT2D eigenvalue weighted by Gasteiger charge is 2.62. The van der Waals surface area contributed by atoms with Gasteiger partial charge < -0.3 is 29.6 Å². The number of anilines is 1. The average Bonchev–Trinajstić information content (AvgIpc) is 3.42. The zero-order valence-electron chi connectivity index (χ0n) is 23.7. The summed E-state index contributed by atoms with van der Waals surface area (Å²) in [6.45, 7) is 7.44. The number of nitrogens with two attached hydrogens (primary N) is 1. The fourth-order valence-electron chi connectivity index (χ4n) is 4.00. The number of alkyl halides is 3. The molecule has 0 amide bonds. The summed E-state index contributed by atoms with van der Waals surface area (Å²) in [5, 5.41) is 15.3. The molecule has 3 rings (SSSR count). The Morgan fingerprint density at radius 3 is 2.14 bits per heavy atom. The Bertz CT molecular complexity index is 1280. The maximum atomic E-state index is 15.4. The Labute approximate surface area is 239 Å². The number of nitrogens with zero attached hydrogens (tertiary/aromatic N) is 4. The number of hydrogen-bond donors (Lipinski definition) is 4. The number of imidazole rings is 1. The van der Waals surface area contributed by atoms with Crippen LogP contribution >= 0.6 is 7.67 Å². The molecule has 0 aliphatic carbocycles. The van der Waals surface area contributed by atoms with Crippen molar-refractivity contribution < 1.29 is 51.2 Å². The predicted molar refractivity (Wildman–Crippen MR) is 141 cm³/mol. The maximum absolute atomic E-state index is 15.4. The third-order valence-electron chi connectivity index (χ3n) is 6.06. The second kappa shape index (κ2) is 13.2. The number of halogens is 3. The van der Waals surface area contributed by atoms with Crippen LogP contribution in [0.2, 0.25) is 0 Å². The highest BCUT2D eigenvalue weighted by Crippen LogP contribution is 2.47. The van der Waals surface area contributed by atoms with E-state index in [0.717, 1.165) is 17.2 Å². The summed E-state index contributed by atoms with van der Waals surface area (Å²) in [6.07, 6.45) is -9.43. The van der Waals surface area contributed by atoms with Crippen LogP contribution in [0.15, 0.2) is 12.7 Å². The van der Waals surface area contributed by atoms with Gasteiger partial charge in [0.15, 0.2) is 29.5 Å². The van der Waals surface area contributed by atoms with Gasteiger partial charge in [-0.2, -0.15) is 0 Å². The molecule has 0 bridgehead atoms. The second-order valence-corrected chi connectivity index (χ2v) is 12.1. The van der Waals surface area contributed by atoms with Crippen LogP contribution in [0, 0.1) is 0 Å². The Kier molecular flexibility index (Phi) is 10.5. The number of aliphatic hydroxyl groups is 1. The summed E-state index contributed by atoms with van der Waals surface area (Å²) in [4.78, 5) is 36.4. The van der Waals surface area contributed by atoms with Gasteiger partial charge >= 0.3 is 19.6 Å². The largest absolute Gasteiger partial charge is 0.462 e. The Hall–Kier alpha value is -2.89. The van der Waals surface area contributed by atoms with Gasteiger partial charge in [-0.15, -0.1) is 0 Å². The number of esters is 2. The molecule has 1 saturated heterocycles. The smallest absolute Gasteiger partial charge is 0.342 e. The van der Waals surface area contributed by atoms with E-state index in [1.165, 1.54) is 13.8 Å². The number of ether oxygens (including phenoxy) is 3. The lowest BCUT2D eigenvalue weighted by Gasteiger charge is -2.33. The minimum Gasteiger partial charge on any atom is -0.462 e. The van der Waals surface area contributed by atoms with Gasteiger partial charge in [0, 0.05) is 0 Å². The van der Waals surface area contributed by atoms with Gasteiger partial charge in [-0.25, -0.2) is 38.3 Å². The molecule has 0 radical (unpaired) electrons. The first-order valence-electron chi connectivity index (χ1n) is 12.9. The molecule has 2 aromatic rings. The number of hydrogen-bond acceptors (Lipinski definition) is 12. The average molecular weight is 626 g/mol. The molecule has 19 heteroatoms. The van der Waals surface area contributed by atoms with Crippen LogP contribution in [-0.4, -0.2) is 91.8 Å². The molecule has 6 atom stereocenters. The van der Waals surface area contributed by atoms with Gasteiger partial charge in [-0.3, -0.25) is 18.7 Å². The van der Waals surface area contributed by atoms with Crippen molar-refractivity contribution in [2.24, 2.45) is 0 Å². The third-order valence-corrected chi connectivity index (χ3v) is 8.00. The standard InChI is InChI=1S/C23H35F3N7O8P/c1-10(2)39-20(35)12(5)31-42(37,32-13(6)21(36)40-11(3)4)38-7-23(22(25)26)16(34)14(24)19(41-23)33-9-30-15-17(27)28-8-29-18(15)33/h8-14,16,19,22,34H,7H2,1-6H3,(H2,27,28,29)(H2,31,32,37)/t12-,13-,14+,16-,19+,23+/m0/s1. The van der Waals surface area contributed by atoms with Crippen molar-refractivity contribution in [1.82, 2.24) is 29.7 Å². The van der Waals surface area contributed by atoms with Gasteiger partial charge in [0.25, 0.3) is 6.43 Å². The van der Waals surface area contributed by atoms with Crippen molar-refractivity contribution in [1.29, 1.82) is 0 Å². The molecule has 0 saturated carbocycles. The summed E-state index contributed by atoms with van der Waals surface area (Å²) < 4.78 is 80.3. The summed E-state index contributed by atoms with van der Waals surface area (Å²) in [5.41, 5.74) is 2.65. The van der Waals surface area contributed by atoms with E-state index >= 15 is 4.39 Å². The maximum Gasteiger partial charge on any atom is 0.342 e. The van der Waals surface area contributed by atoms with E-state index in [-0.39, 0.29) is 17.0 Å². The quantitative estimate of drug-likeness (QED) is 0.185. The lowest BCUT2D eigenvalue weighted by atomic mass is 9.97. The van der Waals surface area contributed by atoms with Crippen LogP contribution < -0.4 is 15.9 Å². The minimum atomic E-state index is -4.64. The van der Waals surface area contributed by atoms with Crippen LogP contribution in [0.3, 0.4) is 0 Å². The highest BCUT2D eigenvalue weighted by molar-refractivity contribution is 7.54. The number of rotatable bonds is 13. The third kappa shape index (κ3) is 7.18. The van der Waals surface area contributed by atoms with Crippen molar-refractivity contribution in [3.8, 4) is 0 Å². The minimum absolute atomic E-state index is 0.0380. The molecular weight excluding hydrogens is 590 g/mol. The second-order valence-electron chi connectivity index (χ2n) is 10.2. The molecule has 1 aliphatic heterocycles. The number of aromatic nitrogens is 4. The van der Waals surface area contributed by atoms with Crippen LogP contribution in [0.1, 0.15) is 47.8 Å². The Morgan fingerprint density at radius 1 is 1.10 bits per heavy atom. The van der Waals surface area contributed by atoms with E-state index in [2.05, 4.69) is 25.1 Å². The van der Waals surface area contributed by atoms with Gasteiger partial charge in [-0.05, 0) is 41.5 Å². The molecule has 5 N–H and O–H groups in total. The van der Waals surface area contributed by atoms with Gasteiger partial charge in [0.2, 0.25) is 0 Å². The van der Waals surface area contributed by atoms with Crippen LogP contribution in [0.5, 0.6) is 0 Å². The number of fused-ring (bicyclic) bond motifs is 1. The molecule has 1 fully saturated rings. The number of nitrogen functional groups attached to an aromatic ring is 1. The first-order chi connectivity index (χ1) is 19.5. The van der Waals surface area contributed by atoms with Crippen LogP contribution in [-0.2, 0) is 32.9 Å². The van der Waals surface area contributed by atoms with E-state index in [1.807, 2.05) is 0 Å². The summed E-state index contributed by atoms with van der Waals surface area (Å²) in [6, 6.07) is -2.67. The van der Waals surface area contributed by atoms with Crippen LogP contribution in [0.4, 0.5) is 19.0 Å². The molecule has 42 heavy (non-hydrogen) atoms. The van der Waals surface area contributed by atoms with Crippen molar-refractivity contribution in [2.45, 2.75) is 96.4 Å². The van der Waals surface area contributed by atoms with E-state index in [4.69, 9.17) is 24.5 Å². The Balaban J connectivity index is 1.91. The van der Waals surface area contributed by atoms with E-state index in [0.29, 0.717) is 0 Å². The zero-order valence-corrected chi connectivity index (χ0v) is 24.6. The van der Waals surface area contributed by atoms with Gasteiger partial charge in [0.1, 0.15) is 30.0 Å². The number of carbonyl (C=O) groups excluding carboxylic acids is 2. The lowest BCUT2D eigenvalue weighted by molar-refractivity contribution is -0.191. The summed E-state index contributed by atoms with van der Waals surface area (Å²) in [7, 11) is -4.64. The molecule has 1 aliphatic rings. The fraction of sp³-hybridized carbons (Fsp3) is 0.696. The molecule has 236 valence electrons. The van der Waals surface area contributed by atoms with Gasteiger partial charge in [-0.1, -0.05) is 0 Å². The first kappa shape index (κ1) is 33.6. The van der Waals surface area contributed by atoms with E-state index in [9.17, 15) is 28.0 Å². The SMILES string of the molecule is CC(C)OC(=O)[C@H](C)NP(=O)(N[C@@H](C)C(=O)OC(C)C)OC[C@@]1(C(F)F)O[C@@H](n2cnc3c(N)ncnc32)[C@H](F)[C@@H]1O. The molecule has 0 aromatic carbocycles. The van der Waals surface area contributed by atoms with Gasteiger partial charge in [0.05, 0.1) is 25.1 Å². The predicted octanol–water partition coefficient (Wildman–Crippen LogP) is 1.62. The van der Waals surface area contributed by atoms with E-state index in [1.54, 1.807) is 27.7 Å². The molecular formula is C23H35F3N7O8P. The Morgan fingerprint density at radius 2 is 1.64 bits per heavy atom. The lowest BCUT2D eigenvalue weighted by Crippen LogP contribution is -2.53. The number of aliphatic hydroxyl groups excluding tert-OH is 1. The first-order valence-corrected chi connectivity index (χ1v) is 14.6. The molecule has 0 unspecified atom stereocenters. The normalized spacial score (nSPS) is 24.5. The monoisotopic (exact) mass is 625 g/mol. The molecule has 15 nitrogen and oxygen atoms in total. The van der Waals surface area contributed by atoms with E-state index < -0.39 is 81.0 Å². The summed E-state index contributed by atoms with van der Waals surface area (Å²) in [5.74, 6) is -1.80. The molecule has 0 spiro atoms. The van der Waals surface area contributed by atoms with Crippen molar-refractivity contribution in [3.05, 3.63) is 12.7 Å². The van der Waals surface area contributed by atoms with Crippen LogP contribution in [0.25, 0.3) is 11.2 Å². The van der Waals surface area contributed by atoms with Crippen molar-refractivity contribution in [3.63, 3.8) is 0 Å². The fourth-order valence-corrected chi connectivity index (χ4v) is 5.84.